The summed E-state index contributed by atoms with van der Waals surface area (Å²) in [4.78, 5) is 72.9. The molecule has 0 spiro atoms. The number of ether oxygens (including phenoxy) is 4. The summed E-state index contributed by atoms with van der Waals surface area (Å²) in [7, 11) is -9.93. The van der Waals surface area contributed by atoms with Crippen LogP contribution in [0.5, 0.6) is 0 Å². The van der Waals surface area contributed by atoms with Gasteiger partial charge in [-0.1, -0.05) is 309 Å². The molecule has 0 aliphatic rings. The number of hydrogen-bond acceptors (Lipinski definition) is 15. The second kappa shape index (κ2) is 71.0. The second-order valence-corrected chi connectivity index (χ2v) is 29.9. The minimum atomic E-state index is -4.96. The van der Waals surface area contributed by atoms with Crippen molar-refractivity contribution >= 4 is 39.5 Å². The van der Waals surface area contributed by atoms with E-state index in [1.165, 1.54) is 193 Å². The van der Waals surface area contributed by atoms with Crippen LogP contribution in [0.1, 0.15) is 387 Å². The molecule has 0 saturated heterocycles. The third-order valence-electron chi connectivity index (χ3n) is 17.4. The molecule has 96 heavy (non-hydrogen) atoms. The Morgan fingerprint density at radius 1 is 0.281 bits per heavy atom. The van der Waals surface area contributed by atoms with Gasteiger partial charge in [-0.05, 0) is 77.0 Å². The zero-order valence-corrected chi connectivity index (χ0v) is 63.6. The van der Waals surface area contributed by atoms with E-state index in [9.17, 15) is 43.2 Å². The summed E-state index contributed by atoms with van der Waals surface area (Å²) in [6.45, 7) is 4.94. The summed E-state index contributed by atoms with van der Waals surface area (Å²) in [5, 5.41) is 10.6. The molecule has 0 bridgehead atoms. The highest BCUT2D eigenvalue weighted by Crippen LogP contribution is 2.45. The lowest BCUT2D eigenvalue weighted by Gasteiger charge is -2.21. The van der Waals surface area contributed by atoms with Gasteiger partial charge in [-0.3, -0.25) is 37.3 Å². The van der Waals surface area contributed by atoms with Gasteiger partial charge in [0.1, 0.15) is 19.3 Å². The van der Waals surface area contributed by atoms with Gasteiger partial charge >= 0.3 is 39.5 Å². The number of allylic oxidation sites excluding steroid dienone is 4. The Labute approximate surface area is 586 Å². The molecule has 0 amide bonds. The van der Waals surface area contributed by atoms with Crippen LogP contribution in [-0.4, -0.2) is 96.7 Å². The fourth-order valence-electron chi connectivity index (χ4n) is 11.3. The van der Waals surface area contributed by atoms with E-state index in [-0.39, 0.29) is 25.7 Å². The van der Waals surface area contributed by atoms with Crippen LogP contribution in [0.3, 0.4) is 0 Å². The number of aliphatic hydroxyl groups is 1. The largest absolute Gasteiger partial charge is 0.472 e. The first-order chi connectivity index (χ1) is 46.7. The summed E-state index contributed by atoms with van der Waals surface area (Å²) in [6.07, 6.45) is 64.4. The van der Waals surface area contributed by atoms with E-state index in [0.717, 1.165) is 116 Å². The molecule has 0 heterocycles. The summed E-state index contributed by atoms with van der Waals surface area (Å²) in [5.74, 6) is -2.14. The average molecular weight is 1410 g/mol. The minimum absolute atomic E-state index is 0.0937. The van der Waals surface area contributed by atoms with Gasteiger partial charge in [-0.2, -0.15) is 0 Å². The zero-order chi connectivity index (χ0) is 70.4. The SMILES string of the molecule is CCCCCCCC/C=C/CCCCCCCC(=O)O[C@H](COC(=O)CCCCCCCCCCCCCCC)COP(=O)(O)OCC(O)COP(=O)(O)OC[C@@H](COC(=O)CCCCCCCCCCCCCCC)OC(=O)CCCCCCC/C=C/CCCCCCCC. The van der Waals surface area contributed by atoms with Crippen molar-refractivity contribution in [1.29, 1.82) is 0 Å². The molecule has 0 radical (unpaired) electrons. The van der Waals surface area contributed by atoms with E-state index in [0.29, 0.717) is 25.7 Å². The number of esters is 4. The Morgan fingerprint density at radius 2 is 0.479 bits per heavy atom. The minimum Gasteiger partial charge on any atom is -0.462 e. The highest BCUT2D eigenvalue weighted by Gasteiger charge is 2.30. The molecule has 0 aromatic heterocycles. The topological polar surface area (TPSA) is 237 Å². The van der Waals surface area contributed by atoms with Crippen molar-refractivity contribution in [1.82, 2.24) is 0 Å². The van der Waals surface area contributed by atoms with Crippen LogP contribution in [-0.2, 0) is 65.4 Å². The number of phosphoric ester groups is 2. The molecule has 17 nitrogen and oxygen atoms in total. The molecule has 0 rings (SSSR count). The molecule has 0 aliphatic carbocycles. The Balaban J connectivity index is 5.30. The van der Waals surface area contributed by atoms with Crippen LogP contribution >= 0.6 is 15.6 Å². The quantitative estimate of drug-likeness (QED) is 0.0169. The normalized spacial score (nSPS) is 14.0. The van der Waals surface area contributed by atoms with E-state index in [4.69, 9.17) is 37.0 Å². The van der Waals surface area contributed by atoms with Crippen molar-refractivity contribution in [3.63, 3.8) is 0 Å². The fourth-order valence-corrected chi connectivity index (χ4v) is 12.9. The van der Waals surface area contributed by atoms with E-state index in [2.05, 4.69) is 52.0 Å². The highest BCUT2D eigenvalue weighted by atomic mass is 31.2. The van der Waals surface area contributed by atoms with Gasteiger partial charge in [0.15, 0.2) is 12.2 Å². The van der Waals surface area contributed by atoms with Crippen LogP contribution in [0.15, 0.2) is 24.3 Å². The first kappa shape index (κ1) is 93.5. The molecular formula is C77H146O17P2. The number of aliphatic hydroxyl groups excluding tert-OH is 1. The Kier molecular flexibility index (Phi) is 69.1. The maximum absolute atomic E-state index is 13.1. The summed E-state index contributed by atoms with van der Waals surface area (Å²) < 4.78 is 68.5. The summed E-state index contributed by atoms with van der Waals surface area (Å²) >= 11 is 0. The Morgan fingerprint density at radius 3 is 0.719 bits per heavy atom. The molecular weight excluding hydrogens is 1260 g/mol. The Hall–Kier alpha value is -2.46. The molecule has 0 aromatic rings. The van der Waals surface area contributed by atoms with Crippen molar-refractivity contribution in [2.75, 3.05) is 39.6 Å². The highest BCUT2D eigenvalue weighted by molar-refractivity contribution is 7.47. The molecule has 2 unspecified atom stereocenters. The lowest BCUT2D eigenvalue weighted by atomic mass is 10.0. The van der Waals surface area contributed by atoms with Gasteiger partial charge in [0.05, 0.1) is 26.4 Å². The third kappa shape index (κ3) is 70.0. The smallest absolute Gasteiger partial charge is 0.462 e. The molecule has 0 saturated carbocycles. The van der Waals surface area contributed by atoms with Crippen molar-refractivity contribution in [2.45, 2.75) is 406 Å². The molecule has 19 heteroatoms. The Bertz CT molecular complexity index is 1790. The molecule has 566 valence electrons. The number of carbonyl (C=O) groups is 4. The lowest BCUT2D eigenvalue weighted by molar-refractivity contribution is -0.161. The number of hydrogen-bond donors (Lipinski definition) is 3. The zero-order valence-electron chi connectivity index (χ0n) is 61.8. The third-order valence-corrected chi connectivity index (χ3v) is 19.3. The molecule has 3 N–H and O–H groups in total. The average Bonchev–Trinajstić information content (AvgIpc) is 1.19. The van der Waals surface area contributed by atoms with Gasteiger partial charge in [-0.15, -0.1) is 0 Å². The lowest BCUT2D eigenvalue weighted by Crippen LogP contribution is -2.30. The molecule has 0 aliphatic heterocycles. The van der Waals surface area contributed by atoms with Crippen molar-refractivity contribution in [2.24, 2.45) is 0 Å². The maximum Gasteiger partial charge on any atom is 0.472 e. The van der Waals surface area contributed by atoms with Crippen molar-refractivity contribution < 1.29 is 80.2 Å². The van der Waals surface area contributed by atoms with Crippen LogP contribution in [0.4, 0.5) is 0 Å². The van der Waals surface area contributed by atoms with Crippen LogP contribution in [0.2, 0.25) is 0 Å². The standard InChI is InChI=1S/C77H146O17P2/c1-5-9-13-17-21-25-29-33-35-39-43-47-51-55-59-63-76(81)93-72(67-87-74(79)61-57-53-49-45-41-37-31-27-23-19-15-11-7-3)69-91-95(83,84)89-65-71(78)66-90-96(85,86)92-70-73(68-88-75(80)62-58-54-50-46-42-38-32-28-24-20-16-12-8-4)94-77(82)64-60-56-52-48-44-40-36-34-30-26-22-18-14-10-6-2/h33-36,71-73,78H,5-32,37-70H2,1-4H3,(H,83,84)(H,85,86)/b35-33+,36-34+/t72-,73-/m1/s1. The van der Waals surface area contributed by atoms with Crippen molar-refractivity contribution in [3.8, 4) is 0 Å². The summed E-state index contributed by atoms with van der Waals surface area (Å²) in [6, 6.07) is 0. The first-order valence-corrected chi connectivity index (χ1v) is 42.6. The first-order valence-electron chi connectivity index (χ1n) is 39.6. The number of carbonyl (C=O) groups excluding carboxylic acids is 4. The van der Waals surface area contributed by atoms with Crippen LogP contribution < -0.4 is 0 Å². The number of rotatable bonds is 76. The molecule has 0 fully saturated rings. The monoisotopic (exact) mass is 1410 g/mol. The van der Waals surface area contributed by atoms with E-state index >= 15 is 0 Å². The maximum atomic E-state index is 13.1. The van der Waals surface area contributed by atoms with Crippen molar-refractivity contribution in [3.05, 3.63) is 24.3 Å². The van der Waals surface area contributed by atoms with Gasteiger partial charge in [0.25, 0.3) is 0 Å². The number of phosphoric acid groups is 2. The second-order valence-electron chi connectivity index (χ2n) is 27.0. The predicted octanol–water partition coefficient (Wildman–Crippen LogP) is 22.6. The molecule has 0 aromatic carbocycles. The van der Waals surface area contributed by atoms with Gasteiger partial charge in [0, 0.05) is 25.7 Å². The van der Waals surface area contributed by atoms with Gasteiger partial charge < -0.3 is 33.8 Å². The van der Waals surface area contributed by atoms with Gasteiger partial charge in [-0.25, -0.2) is 9.13 Å². The van der Waals surface area contributed by atoms with Crippen LogP contribution in [0, 0.1) is 0 Å². The van der Waals surface area contributed by atoms with E-state index < -0.39 is 97.5 Å². The summed E-state index contributed by atoms with van der Waals surface area (Å²) in [5.41, 5.74) is 0. The van der Waals surface area contributed by atoms with E-state index in [1.807, 2.05) is 0 Å². The fraction of sp³-hybridized carbons (Fsp3) is 0.896. The molecule has 4 atom stereocenters. The van der Waals surface area contributed by atoms with Crippen LogP contribution in [0.25, 0.3) is 0 Å². The number of unbranched alkanes of at least 4 members (excludes halogenated alkanes) is 46. The van der Waals surface area contributed by atoms with Gasteiger partial charge in [0.2, 0.25) is 0 Å². The van der Waals surface area contributed by atoms with E-state index in [1.54, 1.807) is 0 Å². The predicted molar refractivity (Wildman–Crippen MR) is 391 cm³/mol.